The number of anilines is 1. The molecule has 25 heavy (non-hydrogen) atoms. The molecular weight excluding hydrogens is 310 g/mol. The number of amides is 1. The van der Waals surface area contributed by atoms with E-state index in [-0.39, 0.29) is 11.9 Å². The van der Waals surface area contributed by atoms with E-state index in [1.807, 2.05) is 26.0 Å². The van der Waals surface area contributed by atoms with Crippen molar-refractivity contribution in [3.63, 3.8) is 0 Å². The van der Waals surface area contributed by atoms with Crippen LogP contribution in [-0.2, 0) is 6.42 Å². The standard InChI is InChI=1S/C21H27N3O/c1-16(2)23-21(25)20-15-19(8-11-22-20)24-12-9-18(10-13-24)14-17-6-4-3-5-7-17/h3-8,11,15-16,18H,9-10,12-14H2,1-2H3,(H,23,25). The second-order valence-corrected chi connectivity index (χ2v) is 7.15. The van der Waals surface area contributed by atoms with Crippen LogP contribution in [0.1, 0.15) is 42.7 Å². The monoisotopic (exact) mass is 337 g/mol. The van der Waals surface area contributed by atoms with E-state index in [1.54, 1.807) is 6.20 Å². The third kappa shape index (κ3) is 4.81. The summed E-state index contributed by atoms with van der Waals surface area (Å²) in [6, 6.07) is 14.8. The summed E-state index contributed by atoms with van der Waals surface area (Å²) in [6.07, 6.45) is 5.27. The molecule has 0 radical (unpaired) electrons. The van der Waals surface area contributed by atoms with E-state index in [0.717, 1.165) is 31.1 Å². The van der Waals surface area contributed by atoms with Crippen molar-refractivity contribution in [2.24, 2.45) is 5.92 Å². The molecule has 1 aromatic carbocycles. The molecule has 2 heterocycles. The second kappa shape index (κ2) is 8.15. The number of rotatable bonds is 5. The molecule has 1 amide bonds. The van der Waals surface area contributed by atoms with Gasteiger partial charge in [-0.05, 0) is 56.7 Å². The number of nitrogens with one attached hydrogen (secondary N) is 1. The van der Waals surface area contributed by atoms with Crippen LogP contribution in [-0.4, -0.2) is 30.0 Å². The Morgan fingerprint density at radius 3 is 2.60 bits per heavy atom. The maximum atomic E-state index is 12.2. The lowest BCUT2D eigenvalue weighted by Gasteiger charge is -2.33. The van der Waals surface area contributed by atoms with E-state index in [9.17, 15) is 4.79 Å². The van der Waals surface area contributed by atoms with E-state index in [0.29, 0.717) is 5.69 Å². The van der Waals surface area contributed by atoms with Gasteiger partial charge in [0.2, 0.25) is 0 Å². The molecule has 2 aromatic rings. The van der Waals surface area contributed by atoms with Crippen molar-refractivity contribution in [1.82, 2.24) is 10.3 Å². The maximum absolute atomic E-state index is 12.2. The Morgan fingerprint density at radius 1 is 1.20 bits per heavy atom. The molecule has 4 heteroatoms. The highest BCUT2D eigenvalue weighted by Gasteiger charge is 2.20. The molecule has 1 aliphatic heterocycles. The van der Waals surface area contributed by atoms with Gasteiger partial charge in [-0.15, -0.1) is 0 Å². The Labute approximate surface area is 150 Å². The summed E-state index contributed by atoms with van der Waals surface area (Å²) in [5.41, 5.74) is 3.03. The van der Waals surface area contributed by atoms with Crippen LogP contribution < -0.4 is 10.2 Å². The summed E-state index contributed by atoms with van der Waals surface area (Å²) >= 11 is 0. The lowest BCUT2D eigenvalue weighted by atomic mass is 9.90. The molecule has 0 bridgehead atoms. The molecule has 1 aromatic heterocycles. The van der Waals surface area contributed by atoms with Crippen molar-refractivity contribution < 1.29 is 4.79 Å². The molecule has 3 rings (SSSR count). The van der Waals surface area contributed by atoms with Crippen molar-refractivity contribution in [2.75, 3.05) is 18.0 Å². The lowest BCUT2D eigenvalue weighted by molar-refractivity contribution is 0.0938. The van der Waals surface area contributed by atoms with E-state index in [1.165, 1.54) is 18.4 Å². The number of carbonyl (C=O) groups is 1. The van der Waals surface area contributed by atoms with Crippen molar-refractivity contribution in [3.05, 3.63) is 59.9 Å². The van der Waals surface area contributed by atoms with E-state index >= 15 is 0 Å². The first-order valence-corrected chi connectivity index (χ1v) is 9.17. The number of nitrogens with zero attached hydrogens (tertiary/aromatic N) is 2. The van der Waals surface area contributed by atoms with Crippen molar-refractivity contribution in [2.45, 2.75) is 39.2 Å². The summed E-state index contributed by atoms with van der Waals surface area (Å²) in [5.74, 6) is 0.639. The minimum atomic E-state index is -0.101. The van der Waals surface area contributed by atoms with Gasteiger partial charge in [0.15, 0.2) is 0 Å². The number of hydrogen-bond acceptors (Lipinski definition) is 3. The van der Waals surface area contributed by atoms with Gasteiger partial charge in [0.05, 0.1) is 0 Å². The van der Waals surface area contributed by atoms with Gasteiger partial charge in [-0.2, -0.15) is 0 Å². The smallest absolute Gasteiger partial charge is 0.270 e. The van der Waals surface area contributed by atoms with Crippen molar-refractivity contribution in [3.8, 4) is 0 Å². The first kappa shape index (κ1) is 17.5. The third-order valence-electron chi connectivity index (χ3n) is 4.74. The van der Waals surface area contributed by atoms with Gasteiger partial charge in [-0.1, -0.05) is 30.3 Å². The minimum absolute atomic E-state index is 0.101. The molecule has 0 atom stereocenters. The third-order valence-corrected chi connectivity index (χ3v) is 4.74. The summed E-state index contributed by atoms with van der Waals surface area (Å²) in [7, 11) is 0. The van der Waals surface area contributed by atoms with E-state index in [4.69, 9.17) is 0 Å². The zero-order chi connectivity index (χ0) is 17.6. The van der Waals surface area contributed by atoms with Crippen LogP contribution in [0.15, 0.2) is 48.7 Å². The van der Waals surface area contributed by atoms with Gasteiger partial charge in [-0.25, -0.2) is 0 Å². The van der Waals surface area contributed by atoms with Gasteiger partial charge >= 0.3 is 0 Å². The van der Waals surface area contributed by atoms with E-state index in [2.05, 4.69) is 45.5 Å². The van der Waals surface area contributed by atoms with Gasteiger partial charge in [0.1, 0.15) is 5.69 Å². The summed E-state index contributed by atoms with van der Waals surface area (Å²) in [5, 5.41) is 2.90. The van der Waals surface area contributed by atoms with Gasteiger partial charge in [0, 0.05) is 31.0 Å². The average Bonchev–Trinajstić information content (AvgIpc) is 2.63. The van der Waals surface area contributed by atoms with Crippen LogP contribution in [0.3, 0.4) is 0 Å². The number of hydrogen-bond donors (Lipinski definition) is 1. The molecule has 4 nitrogen and oxygen atoms in total. The van der Waals surface area contributed by atoms with Crippen LogP contribution >= 0.6 is 0 Å². The van der Waals surface area contributed by atoms with Crippen molar-refractivity contribution >= 4 is 11.6 Å². The highest BCUT2D eigenvalue weighted by Crippen LogP contribution is 2.25. The maximum Gasteiger partial charge on any atom is 0.270 e. The molecule has 0 unspecified atom stereocenters. The molecule has 0 spiro atoms. The normalized spacial score (nSPS) is 15.4. The SMILES string of the molecule is CC(C)NC(=O)c1cc(N2CCC(Cc3ccccc3)CC2)ccn1. The summed E-state index contributed by atoms with van der Waals surface area (Å²) in [4.78, 5) is 18.7. The first-order chi connectivity index (χ1) is 12.1. The number of piperidine rings is 1. The zero-order valence-electron chi connectivity index (χ0n) is 15.1. The zero-order valence-corrected chi connectivity index (χ0v) is 15.1. The quantitative estimate of drug-likeness (QED) is 0.905. The summed E-state index contributed by atoms with van der Waals surface area (Å²) in [6.45, 7) is 5.98. The average molecular weight is 337 g/mol. The fourth-order valence-corrected chi connectivity index (χ4v) is 3.42. The molecule has 1 saturated heterocycles. The predicted octanol–water partition coefficient (Wildman–Crippen LogP) is 3.68. The Kier molecular flexibility index (Phi) is 5.69. The molecule has 0 aliphatic carbocycles. The highest BCUT2D eigenvalue weighted by molar-refractivity contribution is 5.93. The fourth-order valence-electron chi connectivity index (χ4n) is 3.42. The number of benzene rings is 1. The van der Waals surface area contributed by atoms with Crippen LogP contribution in [0, 0.1) is 5.92 Å². The first-order valence-electron chi connectivity index (χ1n) is 9.17. The topological polar surface area (TPSA) is 45.2 Å². The number of pyridine rings is 1. The van der Waals surface area contributed by atoms with Crippen LogP contribution in [0.4, 0.5) is 5.69 Å². The summed E-state index contributed by atoms with van der Waals surface area (Å²) < 4.78 is 0. The Hall–Kier alpha value is -2.36. The van der Waals surface area contributed by atoms with E-state index < -0.39 is 0 Å². The Balaban J connectivity index is 1.58. The predicted molar refractivity (Wildman–Crippen MR) is 102 cm³/mol. The van der Waals surface area contributed by atoms with Gasteiger partial charge in [0.25, 0.3) is 5.91 Å². The van der Waals surface area contributed by atoms with Crippen LogP contribution in [0.5, 0.6) is 0 Å². The van der Waals surface area contributed by atoms with Gasteiger partial charge in [-0.3, -0.25) is 9.78 Å². The second-order valence-electron chi connectivity index (χ2n) is 7.15. The Morgan fingerprint density at radius 2 is 1.92 bits per heavy atom. The highest BCUT2D eigenvalue weighted by atomic mass is 16.1. The molecule has 0 saturated carbocycles. The molecule has 1 aliphatic rings. The Bertz CT molecular complexity index is 691. The minimum Gasteiger partial charge on any atom is -0.371 e. The lowest BCUT2D eigenvalue weighted by Crippen LogP contribution is -2.35. The molecular formula is C21H27N3O. The van der Waals surface area contributed by atoms with Gasteiger partial charge < -0.3 is 10.2 Å². The van der Waals surface area contributed by atoms with Crippen molar-refractivity contribution in [1.29, 1.82) is 0 Å². The number of aromatic nitrogens is 1. The van der Waals surface area contributed by atoms with Crippen LogP contribution in [0.25, 0.3) is 0 Å². The number of carbonyl (C=O) groups excluding carboxylic acids is 1. The fraction of sp³-hybridized carbons (Fsp3) is 0.429. The molecule has 132 valence electrons. The largest absolute Gasteiger partial charge is 0.371 e. The van der Waals surface area contributed by atoms with Crippen LogP contribution in [0.2, 0.25) is 0 Å². The molecule has 1 N–H and O–H groups in total. The molecule has 1 fully saturated rings.